The van der Waals surface area contributed by atoms with Gasteiger partial charge in [0, 0.05) is 6.04 Å². The van der Waals surface area contributed by atoms with E-state index >= 15 is 0 Å². The van der Waals surface area contributed by atoms with Gasteiger partial charge in [0.25, 0.3) is 0 Å². The van der Waals surface area contributed by atoms with Crippen molar-refractivity contribution in [3.05, 3.63) is 0 Å². The summed E-state index contributed by atoms with van der Waals surface area (Å²) in [6.45, 7) is 4.13. The van der Waals surface area contributed by atoms with Gasteiger partial charge in [-0.15, -0.1) is 0 Å². The summed E-state index contributed by atoms with van der Waals surface area (Å²) in [6.07, 6.45) is 1.10. The number of carboxylic acids is 1. The third-order valence-electron chi connectivity index (χ3n) is 3.22. The summed E-state index contributed by atoms with van der Waals surface area (Å²) in [5.41, 5.74) is 4.97. The average Bonchev–Trinajstić information content (AvgIpc) is 2.59. The van der Waals surface area contributed by atoms with Gasteiger partial charge in [0.05, 0.1) is 18.6 Å². The van der Waals surface area contributed by atoms with Crippen LogP contribution < -0.4 is 11.1 Å². The van der Waals surface area contributed by atoms with Gasteiger partial charge in [-0.05, 0) is 13.3 Å². The zero-order valence-corrected chi connectivity index (χ0v) is 10.2. The van der Waals surface area contributed by atoms with Crippen molar-refractivity contribution in [3.8, 4) is 0 Å². The van der Waals surface area contributed by atoms with Crippen LogP contribution in [-0.4, -0.2) is 42.3 Å². The van der Waals surface area contributed by atoms with Gasteiger partial charge in [-0.25, -0.2) is 4.79 Å². The quantitative estimate of drug-likeness (QED) is 0.617. The molecule has 6 heteroatoms. The van der Waals surface area contributed by atoms with Crippen molar-refractivity contribution in [1.29, 1.82) is 0 Å². The second kappa shape index (κ2) is 5.46. The summed E-state index contributed by atoms with van der Waals surface area (Å²) in [6, 6.07) is -1.24. The number of rotatable bonds is 5. The van der Waals surface area contributed by atoms with E-state index in [1.807, 2.05) is 6.92 Å². The minimum atomic E-state index is -1.02. The lowest BCUT2D eigenvalue weighted by Crippen LogP contribution is -2.53. The Morgan fingerprint density at radius 2 is 2.29 bits per heavy atom. The van der Waals surface area contributed by atoms with Crippen LogP contribution in [0.1, 0.15) is 26.7 Å². The maximum atomic E-state index is 12.0. The first-order valence-corrected chi connectivity index (χ1v) is 5.79. The smallest absolute Gasteiger partial charge is 0.326 e. The summed E-state index contributed by atoms with van der Waals surface area (Å²) in [5.74, 6) is -1.36. The molecule has 4 N–H and O–H groups in total. The molecule has 1 aliphatic heterocycles. The van der Waals surface area contributed by atoms with Crippen molar-refractivity contribution in [1.82, 2.24) is 5.32 Å². The molecule has 0 bridgehead atoms. The molecule has 98 valence electrons. The Balaban J connectivity index is 2.66. The molecule has 0 saturated carbocycles. The fraction of sp³-hybridized carbons (Fsp3) is 0.818. The van der Waals surface area contributed by atoms with Crippen LogP contribution in [0, 0.1) is 5.41 Å². The molecule has 0 aromatic rings. The van der Waals surface area contributed by atoms with Crippen molar-refractivity contribution in [2.45, 2.75) is 38.8 Å². The van der Waals surface area contributed by atoms with E-state index in [9.17, 15) is 9.59 Å². The number of ether oxygens (including phenoxy) is 1. The van der Waals surface area contributed by atoms with Crippen LogP contribution in [0.3, 0.4) is 0 Å². The first-order chi connectivity index (χ1) is 7.91. The zero-order valence-electron chi connectivity index (χ0n) is 10.2. The van der Waals surface area contributed by atoms with Gasteiger partial charge in [-0.2, -0.15) is 0 Å². The zero-order chi connectivity index (χ0) is 13.1. The number of hydrogen-bond donors (Lipinski definition) is 3. The van der Waals surface area contributed by atoms with Crippen molar-refractivity contribution in [2.24, 2.45) is 11.1 Å². The van der Waals surface area contributed by atoms with Crippen molar-refractivity contribution in [3.63, 3.8) is 0 Å². The molecule has 6 nitrogen and oxygen atoms in total. The van der Waals surface area contributed by atoms with Crippen LogP contribution >= 0.6 is 0 Å². The largest absolute Gasteiger partial charge is 0.480 e. The van der Waals surface area contributed by atoms with E-state index in [4.69, 9.17) is 15.6 Å². The first kappa shape index (κ1) is 13.9. The lowest BCUT2D eigenvalue weighted by atomic mass is 9.84. The fourth-order valence-electron chi connectivity index (χ4n) is 1.79. The Hall–Kier alpha value is -1.14. The number of nitrogens with two attached hydrogens (primary N) is 1. The fourth-order valence-corrected chi connectivity index (χ4v) is 1.79. The number of hydrogen-bond acceptors (Lipinski definition) is 4. The maximum absolute atomic E-state index is 12.0. The standard InChI is InChI=1S/C11H20N2O4/c1-3-4-7(9(14)15)13-10(16)11(2)6-17-5-8(11)12/h7-8H,3-6,12H2,1-2H3,(H,13,16)(H,14,15)/t7-,8?,11?/m0/s1. The molecule has 0 radical (unpaired) electrons. The van der Waals surface area contributed by atoms with E-state index in [1.54, 1.807) is 6.92 Å². The summed E-state index contributed by atoms with van der Waals surface area (Å²) < 4.78 is 5.16. The van der Waals surface area contributed by atoms with Crippen molar-refractivity contribution >= 4 is 11.9 Å². The highest BCUT2D eigenvalue weighted by molar-refractivity contribution is 5.88. The number of nitrogens with one attached hydrogen (secondary N) is 1. The van der Waals surface area contributed by atoms with Crippen LogP contribution in [0.25, 0.3) is 0 Å². The van der Waals surface area contributed by atoms with Gasteiger partial charge in [-0.1, -0.05) is 13.3 Å². The normalized spacial score (nSPS) is 29.9. The first-order valence-electron chi connectivity index (χ1n) is 5.79. The maximum Gasteiger partial charge on any atom is 0.326 e. The third-order valence-corrected chi connectivity index (χ3v) is 3.22. The molecular formula is C11H20N2O4. The number of aliphatic carboxylic acids is 1. The van der Waals surface area contributed by atoms with Crippen LogP contribution in [-0.2, 0) is 14.3 Å². The molecule has 1 aliphatic rings. The van der Waals surface area contributed by atoms with Crippen LogP contribution in [0.2, 0.25) is 0 Å². The number of carboxylic acid groups (broad SMARTS) is 1. The predicted molar refractivity (Wildman–Crippen MR) is 61.4 cm³/mol. The number of carbonyl (C=O) groups excluding carboxylic acids is 1. The molecule has 2 unspecified atom stereocenters. The molecule has 17 heavy (non-hydrogen) atoms. The van der Waals surface area contributed by atoms with E-state index in [0.717, 1.165) is 0 Å². The molecule has 1 heterocycles. The molecule has 1 fully saturated rings. The molecule has 3 atom stereocenters. The SMILES string of the molecule is CCC[C@H](NC(=O)C1(C)COCC1N)C(=O)O. The lowest BCUT2D eigenvalue weighted by Gasteiger charge is -2.27. The minimum Gasteiger partial charge on any atom is -0.480 e. The summed E-state index contributed by atoms with van der Waals surface area (Å²) in [5, 5.41) is 11.5. The Labute approximate surface area is 101 Å². The average molecular weight is 244 g/mol. The van der Waals surface area contributed by atoms with Gasteiger partial charge in [0.1, 0.15) is 6.04 Å². The highest BCUT2D eigenvalue weighted by Crippen LogP contribution is 2.27. The van der Waals surface area contributed by atoms with Crippen molar-refractivity contribution < 1.29 is 19.4 Å². The molecule has 0 aromatic carbocycles. The predicted octanol–water partition coefficient (Wildman–Crippen LogP) is -0.280. The van der Waals surface area contributed by atoms with Gasteiger partial charge in [-0.3, -0.25) is 4.79 Å². The molecular weight excluding hydrogens is 224 g/mol. The monoisotopic (exact) mass is 244 g/mol. The van der Waals surface area contributed by atoms with E-state index in [1.165, 1.54) is 0 Å². The van der Waals surface area contributed by atoms with E-state index < -0.39 is 23.5 Å². The second-order valence-electron chi connectivity index (χ2n) is 4.69. The minimum absolute atomic E-state index is 0.235. The molecule has 0 spiro atoms. The van der Waals surface area contributed by atoms with Gasteiger partial charge >= 0.3 is 5.97 Å². The van der Waals surface area contributed by atoms with E-state index in [-0.39, 0.29) is 12.5 Å². The Morgan fingerprint density at radius 1 is 1.65 bits per heavy atom. The van der Waals surface area contributed by atoms with Crippen LogP contribution in [0.4, 0.5) is 0 Å². The Morgan fingerprint density at radius 3 is 2.71 bits per heavy atom. The lowest BCUT2D eigenvalue weighted by molar-refractivity contribution is -0.144. The van der Waals surface area contributed by atoms with E-state index in [0.29, 0.717) is 19.4 Å². The van der Waals surface area contributed by atoms with Gasteiger partial charge in [0.15, 0.2) is 0 Å². The topological polar surface area (TPSA) is 102 Å². The molecule has 0 aromatic heterocycles. The number of amides is 1. The highest BCUT2D eigenvalue weighted by Gasteiger charge is 2.45. The molecule has 1 saturated heterocycles. The van der Waals surface area contributed by atoms with Crippen LogP contribution in [0.5, 0.6) is 0 Å². The molecule has 1 rings (SSSR count). The van der Waals surface area contributed by atoms with E-state index in [2.05, 4.69) is 5.32 Å². The Bertz CT molecular complexity index is 308. The van der Waals surface area contributed by atoms with Crippen LogP contribution in [0.15, 0.2) is 0 Å². The highest BCUT2D eigenvalue weighted by atomic mass is 16.5. The Kier molecular flexibility index (Phi) is 4.47. The molecule has 0 aliphatic carbocycles. The summed E-state index contributed by atoms with van der Waals surface area (Å²) >= 11 is 0. The van der Waals surface area contributed by atoms with Gasteiger partial charge < -0.3 is 20.9 Å². The van der Waals surface area contributed by atoms with Gasteiger partial charge in [0.2, 0.25) is 5.91 Å². The third kappa shape index (κ3) is 2.95. The van der Waals surface area contributed by atoms with Crippen molar-refractivity contribution in [2.75, 3.05) is 13.2 Å². The number of carbonyl (C=O) groups is 2. The summed E-state index contributed by atoms with van der Waals surface area (Å²) in [7, 11) is 0. The summed E-state index contributed by atoms with van der Waals surface area (Å²) in [4.78, 5) is 23.0. The molecule has 1 amide bonds. The second-order valence-corrected chi connectivity index (χ2v) is 4.69.